The summed E-state index contributed by atoms with van der Waals surface area (Å²) in [6, 6.07) is 10.2. The van der Waals surface area contributed by atoms with E-state index in [-0.39, 0.29) is 0 Å². The molecule has 1 heterocycles. The lowest BCUT2D eigenvalue weighted by Gasteiger charge is -2.36. The van der Waals surface area contributed by atoms with Crippen LogP contribution < -0.4 is 15.5 Å². The molecule has 0 aliphatic carbocycles. The largest absolute Gasteiger partial charge is 0.444 e. The Morgan fingerprint density at radius 3 is 2.52 bits per heavy atom. The van der Waals surface area contributed by atoms with Gasteiger partial charge in [-0.2, -0.15) is 5.26 Å². The maximum absolute atomic E-state index is 11.8. The van der Waals surface area contributed by atoms with Crippen molar-refractivity contribution in [3.63, 3.8) is 0 Å². The topological polar surface area (TPSA) is 77.4 Å². The molecular formula is C19H28N4O2. The van der Waals surface area contributed by atoms with Crippen molar-refractivity contribution in [2.75, 3.05) is 31.1 Å². The molecule has 6 nitrogen and oxygen atoms in total. The van der Waals surface area contributed by atoms with Crippen molar-refractivity contribution in [2.45, 2.75) is 45.3 Å². The normalized spacial score (nSPS) is 15.3. The molecule has 1 fully saturated rings. The number of carbonyl (C=O) groups is 1. The van der Waals surface area contributed by atoms with Crippen LogP contribution in [0.25, 0.3) is 0 Å². The van der Waals surface area contributed by atoms with Crippen LogP contribution in [-0.4, -0.2) is 43.9 Å². The molecule has 1 aliphatic rings. The Labute approximate surface area is 150 Å². The lowest BCUT2D eigenvalue weighted by molar-refractivity contribution is 0.0529. The van der Waals surface area contributed by atoms with Gasteiger partial charge in [0.25, 0.3) is 0 Å². The molecule has 1 saturated heterocycles. The quantitative estimate of drug-likeness (QED) is 0.859. The minimum absolute atomic E-state index is 0.391. The number of nitriles is 1. The summed E-state index contributed by atoms with van der Waals surface area (Å²) in [7, 11) is 0. The summed E-state index contributed by atoms with van der Waals surface area (Å²) in [5.74, 6) is 0. The van der Waals surface area contributed by atoms with E-state index in [1.807, 2.05) is 45.0 Å². The van der Waals surface area contributed by atoms with Crippen LogP contribution in [0.4, 0.5) is 10.5 Å². The highest BCUT2D eigenvalue weighted by Crippen LogP contribution is 2.22. The molecule has 1 aromatic carbocycles. The molecule has 136 valence electrons. The summed E-state index contributed by atoms with van der Waals surface area (Å²) >= 11 is 0. The highest BCUT2D eigenvalue weighted by Gasteiger charge is 2.22. The van der Waals surface area contributed by atoms with Crippen LogP contribution in [0.5, 0.6) is 0 Å². The highest BCUT2D eigenvalue weighted by atomic mass is 16.6. The van der Waals surface area contributed by atoms with E-state index >= 15 is 0 Å². The third kappa shape index (κ3) is 6.28. The van der Waals surface area contributed by atoms with Crippen molar-refractivity contribution in [3.8, 4) is 6.07 Å². The van der Waals surface area contributed by atoms with Crippen LogP contribution in [-0.2, 0) is 4.74 Å². The number of ether oxygens (including phenoxy) is 1. The molecule has 0 spiro atoms. The zero-order valence-corrected chi connectivity index (χ0v) is 15.3. The second-order valence-electron chi connectivity index (χ2n) is 7.26. The minimum Gasteiger partial charge on any atom is -0.444 e. The third-order valence-electron chi connectivity index (χ3n) is 4.10. The maximum Gasteiger partial charge on any atom is 0.407 e. The first-order chi connectivity index (χ1) is 11.9. The zero-order chi connectivity index (χ0) is 18.3. The van der Waals surface area contributed by atoms with Crippen LogP contribution >= 0.6 is 0 Å². The number of hydrogen-bond acceptors (Lipinski definition) is 5. The van der Waals surface area contributed by atoms with Gasteiger partial charge in [-0.1, -0.05) is 0 Å². The fourth-order valence-corrected chi connectivity index (χ4v) is 2.96. The van der Waals surface area contributed by atoms with E-state index in [0.29, 0.717) is 24.7 Å². The Morgan fingerprint density at radius 2 is 1.96 bits per heavy atom. The maximum atomic E-state index is 11.8. The number of nitrogens with zero attached hydrogens (tertiary/aromatic N) is 2. The van der Waals surface area contributed by atoms with E-state index in [1.165, 1.54) is 0 Å². The Hall–Kier alpha value is -2.26. The van der Waals surface area contributed by atoms with Crippen molar-refractivity contribution < 1.29 is 9.53 Å². The number of benzene rings is 1. The lowest BCUT2D eigenvalue weighted by atomic mass is 10.0. The summed E-state index contributed by atoms with van der Waals surface area (Å²) in [5, 5.41) is 15.2. The van der Waals surface area contributed by atoms with Gasteiger partial charge in [-0.25, -0.2) is 4.79 Å². The molecule has 1 aliphatic heterocycles. The molecule has 25 heavy (non-hydrogen) atoms. The average molecular weight is 344 g/mol. The van der Waals surface area contributed by atoms with E-state index in [9.17, 15) is 4.79 Å². The fourth-order valence-electron chi connectivity index (χ4n) is 2.96. The Morgan fingerprint density at radius 1 is 1.32 bits per heavy atom. The smallest absolute Gasteiger partial charge is 0.407 e. The minimum atomic E-state index is -0.494. The standard InChI is InChI=1S/C19H28N4O2/c1-19(2,3)25-18(24)22-12-13-23(17-8-10-21-11-9-17)16-6-4-15(14-20)5-7-16/h4-7,17,21H,8-13H2,1-3H3,(H,22,24). The van der Waals surface area contributed by atoms with E-state index < -0.39 is 11.7 Å². The molecule has 1 aromatic rings. The van der Waals surface area contributed by atoms with Gasteiger partial charge < -0.3 is 20.3 Å². The predicted molar refractivity (Wildman–Crippen MR) is 98.6 cm³/mol. The van der Waals surface area contributed by atoms with Crippen LogP contribution in [0.3, 0.4) is 0 Å². The summed E-state index contributed by atoms with van der Waals surface area (Å²) in [5.41, 5.74) is 1.24. The van der Waals surface area contributed by atoms with Crippen LogP contribution in [0.2, 0.25) is 0 Å². The van der Waals surface area contributed by atoms with Crippen LogP contribution in [0.1, 0.15) is 39.2 Å². The van der Waals surface area contributed by atoms with Gasteiger partial charge in [-0.3, -0.25) is 0 Å². The Balaban J connectivity index is 1.99. The van der Waals surface area contributed by atoms with E-state index in [0.717, 1.165) is 31.6 Å². The van der Waals surface area contributed by atoms with E-state index in [4.69, 9.17) is 10.00 Å². The molecule has 0 aromatic heterocycles. The molecule has 2 N–H and O–H groups in total. The first-order valence-electron chi connectivity index (χ1n) is 8.83. The van der Waals surface area contributed by atoms with Gasteiger partial charge in [0.2, 0.25) is 0 Å². The number of alkyl carbamates (subject to hydrolysis) is 1. The van der Waals surface area contributed by atoms with Gasteiger partial charge in [0.15, 0.2) is 0 Å². The summed E-state index contributed by atoms with van der Waals surface area (Å²) in [6.07, 6.45) is 1.73. The molecule has 1 amide bonds. The number of hydrogen-bond donors (Lipinski definition) is 2. The Kier molecular flexibility index (Phi) is 6.65. The van der Waals surface area contributed by atoms with Gasteiger partial charge in [0.05, 0.1) is 11.6 Å². The van der Waals surface area contributed by atoms with Crippen molar-refractivity contribution >= 4 is 11.8 Å². The van der Waals surface area contributed by atoms with Gasteiger partial charge in [0.1, 0.15) is 5.60 Å². The predicted octanol–water partition coefficient (Wildman–Crippen LogP) is 2.64. The Bertz CT molecular complexity index is 595. The lowest BCUT2D eigenvalue weighted by Crippen LogP contribution is -2.46. The van der Waals surface area contributed by atoms with Crippen molar-refractivity contribution in [1.29, 1.82) is 5.26 Å². The second kappa shape index (κ2) is 8.72. The SMILES string of the molecule is CC(C)(C)OC(=O)NCCN(c1ccc(C#N)cc1)C1CCNCC1. The van der Waals surface area contributed by atoms with Crippen LogP contribution in [0.15, 0.2) is 24.3 Å². The molecule has 2 rings (SSSR count). The monoisotopic (exact) mass is 344 g/mol. The van der Waals surface area contributed by atoms with Crippen molar-refractivity contribution in [2.24, 2.45) is 0 Å². The van der Waals surface area contributed by atoms with Gasteiger partial charge >= 0.3 is 6.09 Å². The highest BCUT2D eigenvalue weighted by molar-refractivity contribution is 5.67. The summed E-state index contributed by atoms with van der Waals surface area (Å²) < 4.78 is 5.29. The summed E-state index contributed by atoms with van der Waals surface area (Å²) in [4.78, 5) is 14.2. The summed E-state index contributed by atoms with van der Waals surface area (Å²) in [6.45, 7) is 8.77. The zero-order valence-electron chi connectivity index (χ0n) is 15.3. The van der Waals surface area contributed by atoms with Crippen molar-refractivity contribution in [3.05, 3.63) is 29.8 Å². The average Bonchev–Trinajstić information content (AvgIpc) is 2.58. The molecular weight excluding hydrogens is 316 g/mol. The van der Waals surface area contributed by atoms with Crippen LogP contribution in [0, 0.1) is 11.3 Å². The molecule has 0 atom stereocenters. The fraction of sp³-hybridized carbons (Fsp3) is 0.579. The second-order valence-corrected chi connectivity index (χ2v) is 7.26. The number of nitrogens with one attached hydrogen (secondary N) is 2. The molecule has 0 bridgehead atoms. The first-order valence-corrected chi connectivity index (χ1v) is 8.83. The van der Waals surface area contributed by atoms with Gasteiger partial charge in [0, 0.05) is 24.8 Å². The number of piperidine rings is 1. The third-order valence-corrected chi connectivity index (χ3v) is 4.10. The molecule has 0 saturated carbocycles. The number of carbonyl (C=O) groups excluding carboxylic acids is 1. The van der Waals surface area contributed by atoms with E-state index in [2.05, 4.69) is 21.6 Å². The van der Waals surface area contributed by atoms with Crippen molar-refractivity contribution in [1.82, 2.24) is 10.6 Å². The van der Waals surface area contributed by atoms with Gasteiger partial charge in [-0.05, 0) is 71.0 Å². The number of amides is 1. The number of anilines is 1. The molecule has 0 unspecified atom stereocenters. The number of rotatable bonds is 5. The molecule has 0 radical (unpaired) electrons. The first kappa shape index (κ1) is 19.1. The van der Waals surface area contributed by atoms with Gasteiger partial charge in [-0.15, -0.1) is 0 Å². The molecule has 6 heteroatoms. The van der Waals surface area contributed by atoms with E-state index in [1.54, 1.807) is 0 Å².